The van der Waals surface area contributed by atoms with Crippen LogP contribution in [-0.2, 0) is 19.6 Å². The second-order valence-electron chi connectivity index (χ2n) is 11.7. The molecule has 1 aliphatic carbocycles. The lowest BCUT2D eigenvalue weighted by molar-refractivity contribution is 0.206. The minimum atomic E-state index is -0.150. The van der Waals surface area contributed by atoms with Gasteiger partial charge in [0.25, 0.3) is 0 Å². The molecule has 5 heteroatoms. The number of carbonyl (C=O) groups excluding carboxylic acids is 1. The molecule has 0 spiro atoms. The first kappa shape index (κ1) is 29.3. The summed E-state index contributed by atoms with van der Waals surface area (Å²) in [6.07, 6.45) is 10.2. The number of hydrogen-bond donors (Lipinski definition) is 2. The Balaban J connectivity index is 1.10. The quantitative estimate of drug-likeness (QED) is 0.173. The normalized spacial score (nSPS) is 13.4. The summed E-state index contributed by atoms with van der Waals surface area (Å²) in [5, 5.41) is 6.83. The molecule has 0 radical (unpaired) electrons. The molecule has 1 fully saturated rings. The highest BCUT2D eigenvalue weighted by molar-refractivity contribution is 5.89. The molecule has 1 heterocycles. The lowest BCUT2D eigenvalue weighted by Gasteiger charge is -2.24. The number of pyridine rings is 1. The number of anilines is 1. The molecule has 44 heavy (non-hydrogen) atoms. The van der Waals surface area contributed by atoms with Crippen LogP contribution in [0.1, 0.15) is 48.8 Å². The molecular weight excluding hydrogens is 540 g/mol. The second-order valence-corrected chi connectivity index (χ2v) is 11.7. The average Bonchev–Trinajstić information content (AvgIpc) is 3.09. The Bertz CT molecular complexity index is 1600. The number of rotatable bonds is 10. The van der Waals surface area contributed by atoms with Crippen molar-refractivity contribution < 1.29 is 4.79 Å². The molecule has 1 aromatic heterocycles. The van der Waals surface area contributed by atoms with Crippen LogP contribution < -0.4 is 10.6 Å². The van der Waals surface area contributed by atoms with E-state index >= 15 is 0 Å². The molecule has 0 atom stereocenters. The van der Waals surface area contributed by atoms with Crippen LogP contribution in [0.25, 0.3) is 22.3 Å². The molecular formula is C39H40N4O. The van der Waals surface area contributed by atoms with Crippen LogP contribution in [0.4, 0.5) is 10.5 Å². The van der Waals surface area contributed by atoms with E-state index in [1.807, 2.05) is 65.7 Å². The van der Waals surface area contributed by atoms with Gasteiger partial charge in [-0.25, -0.2) is 4.79 Å². The topological polar surface area (TPSA) is 57.3 Å². The van der Waals surface area contributed by atoms with E-state index < -0.39 is 0 Å². The molecule has 0 aliphatic heterocycles. The zero-order valence-electron chi connectivity index (χ0n) is 25.2. The highest BCUT2D eigenvalue weighted by atomic mass is 16.2. The lowest BCUT2D eigenvalue weighted by atomic mass is 9.95. The van der Waals surface area contributed by atoms with Crippen LogP contribution in [0.2, 0.25) is 0 Å². The maximum atomic E-state index is 13.5. The van der Waals surface area contributed by atoms with E-state index in [1.165, 1.54) is 48.8 Å². The van der Waals surface area contributed by atoms with Gasteiger partial charge in [0.05, 0.1) is 0 Å². The fourth-order valence-electron chi connectivity index (χ4n) is 5.90. The summed E-state index contributed by atoms with van der Waals surface area (Å²) in [7, 11) is 0. The van der Waals surface area contributed by atoms with Gasteiger partial charge in [-0.15, -0.1) is 0 Å². The summed E-state index contributed by atoms with van der Waals surface area (Å²) in [6, 6.07) is 40.0. The van der Waals surface area contributed by atoms with Crippen molar-refractivity contribution in [2.45, 2.75) is 57.8 Å². The van der Waals surface area contributed by atoms with Gasteiger partial charge in [-0.1, -0.05) is 116 Å². The molecule has 1 saturated carbocycles. The fraction of sp³-hybridized carbons (Fsp3) is 0.231. The molecule has 0 unspecified atom stereocenters. The smallest absolute Gasteiger partial charge is 0.316 e. The number of amides is 2. The number of urea groups is 1. The van der Waals surface area contributed by atoms with Crippen LogP contribution in [0.3, 0.4) is 0 Å². The van der Waals surface area contributed by atoms with Crippen molar-refractivity contribution in [3.05, 3.63) is 144 Å². The maximum Gasteiger partial charge on any atom is 0.322 e. The van der Waals surface area contributed by atoms with Crippen LogP contribution >= 0.6 is 0 Å². The van der Waals surface area contributed by atoms with Crippen molar-refractivity contribution in [1.29, 1.82) is 0 Å². The molecule has 2 N–H and O–H groups in total. The molecule has 1 aliphatic rings. The summed E-state index contributed by atoms with van der Waals surface area (Å²) < 4.78 is 0. The second kappa shape index (κ2) is 14.6. The summed E-state index contributed by atoms with van der Waals surface area (Å²) in [6.45, 7) is 1.87. The van der Waals surface area contributed by atoms with Gasteiger partial charge in [-0.3, -0.25) is 4.98 Å². The summed E-state index contributed by atoms with van der Waals surface area (Å²) in [5.41, 5.74) is 8.76. The van der Waals surface area contributed by atoms with Crippen LogP contribution in [-0.4, -0.2) is 22.0 Å². The Labute approximate surface area is 261 Å². The summed E-state index contributed by atoms with van der Waals surface area (Å²) >= 11 is 0. The number of carbonyl (C=O) groups is 1. The Morgan fingerprint density at radius 1 is 0.636 bits per heavy atom. The standard InChI is InChI=1S/C39H40N4O/c44-39(42-38-23-21-36(22-24-38)33-9-3-1-4-10-33)43(29-32-8-7-25-40-26-32)28-31-15-19-35(20-16-31)34-17-13-30(14-18-34)27-41-37-11-5-2-6-12-37/h1,3-4,7-10,13-26,37,41H,2,5-6,11-12,27-29H2,(H,42,44). The largest absolute Gasteiger partial charge is 0.322 e. The van der Waals surface area contributed by atoms with Crippen molar-refractivity contribution in [2.75, 3.05) is 5.32 Å². The number of hydrogen-bond acceptors (Lipinski definition) is 3. The Kier molecular flexibility index (Phi) is 9.75. The van der Waals surface area contributed by atoms with Gasteiger partial charge in [0.2, 0.25) is 0 Å². The monoisotopic (exact) mass is 580 g/mol. The third kappa shape index (κ3) is 8.00. The Morgan fingerprint density at radius 3 is 1.86 bits per heavy atom. The zero-order valence-corrected chi connectivity index (χ0v) is 25.2. The van der Waals surface area contributed by atoms with Crippen LogP contribution in [0.5, 0.6) is 0 Å². The van der Waals surface area contributed by atoms with E-state index in [4.69, 9.17) is 0 Å². The molecule has 222 valence electrons. The molecule has 0 saturated heterocycles. The van der Waals surface area contributed by atoms with Gasteiger partial charge in [0.15, 0.2) is 0 Å². The van der Waals surface area contributed by atoms with Crippen molar-refractivity contribution in [3.63, 3.8) is 0 Å². The predicted molar refractivity (Wildman–Crippen MR) is 180 cm³/mol. The molecule has 4 aromatic carbocycles. The van der Waals surface area contributed by atoms with Gasteiger partial charge in [-0.2, -0.15) is 0 Å². The van der Waals surface area contributed by atoms with E-state index in [2.05, 4.69) is 76.3 Å². The zero-order chi connectivity index (χ0) is 30.0. The van der Waals surface area contributed by atoms with E-state index in [-0.39, 0.29) is 6.03 Å². The molecule has 6 rings (SSSR count). The predicted octanol–water partition coefficient (Wildman–Crippen LogP) is 9.07. The van der Waals surface area contributed by atoms with E-state index in [9.17, 15) is 4.79 Å². The van der Waals surface area contributed by atoms with Gasteiger partial charge in [-0.05, 0) is 70.0 Å². The minimum Gasteiger partial charge on any atom is -0.316 e. The molecule has 2 amide bonds. The van der Waals surface area contributed by atoms with Gasteiger partial charge < -0.3 is 15.5 Å². The average molecular weight is 581 g/mol. The van der Waals surface area contributed by atoms with Crippen molar-refractivity contribution in [3.8, 4) is 22.3 Å². The molecule has 5 nitrogen and oxygen atoms in total. The first-order valence-electron chi connectivity index (χ1n) is 15.7. The first-order chi connectivity index (χ1) is 21.7. The summed E-state index contributed by atoms with van der Waals surface area (Å²) in [4.78, 5) is 19.6. The number of benzene rings is 4. The maximum absolute atomic E-state index is 13.5. The Morgan fingerprint density at radius 2 is 1.23 bits per heavy atom. The number of nitrogens with zero attached hydrogens (tertiary/aromatic N) is 2. The number of aromatic nitrogens is 1. The fourth-order valence-corrected chi connectivity index (χ4v) is 5.90. The molecule has 0 bridgehead atoms. The van der Waals surface area contributed by atoms with Gasteiger partial charge in [0, 0.05) is 43.8 Å². The highest BCUT2D eigenvalue weighted by Crippen LogP contribution is 2.24. The minimum absolute atomic E-state index is 0.150. The lowest BCUT2D eigenvalue weighted by Crippen LogP contribution is -2.34. The first-order valence-corrected chi connectivity index (χ1v) is 15.7. The SMILES string of the molecule is O=C(Nc1ccc(-c2ccccc2)cc1)N(Cc1ccc(-c2ccc(CNC3CCCCC3)cc2)cc1)Cc1cccnc1. The molecule has 5 aromatic rings. The van der Waals surface area contributed by atoms with Crippen molar-refractivity contribution in [2.24, 2.45) is 0 Å². The van der Waals surface area contributed by atoms with Crippen LogP contribution in [0.15, 0.2) is 128 Å². The van der Waals surface area contributed by atoms with E-state index in [0.717, 1.165) is 34.5 Å². The highest BCUT2D eigenvalue weighted by Gasteiger charge is 2.16. The summed E-state index contributed by atoms with van der Waals surface area (Å²) in [5.74, 6) is 0. The van der Waals surface area contributed by atoms with E-state index in [0.29, 0.717) is 19.1 Å². The van der Waals surface area contributed by atoms with Crippen molar-refractivity contribution in [1.82, 2.24) is 15.2 Å². The number of nitrogens with one attached hydrogen (secondary N) is 2. The Hall–Kier alpha value is -4.74. The van der Waals surface area contributed by atoms with Gasteiger partial charge >= 0.3 is 6.03 Å². The van der Waals surface area contributed by atoms with E-state index in [1.54, 1.807) is 6.20 Å². The van der Waals surface area contributed by atoms with Crippen molar-refractivity contribution >= 4 is 11.7 Å². The third-order valence-electron chi connectivity index (χ3n) is 8.44. The van der Waals surface area contributed by atoms with Gasteiger partial charge in [0.1, 0.15) is 0 Å². The third-order valence-corrected chi connectivity index (χ3v) is 8.44. The van der Waals surface area contributed by atoms with Crippen LogP contribution in [0, 0.1) is 0 Å².